The Morgan fingerprint density at radius 2 is 1.06 bits per heavy atom. The lowest BCUT2D eigenvalue weighted by Crippen LogP contribution is -2.60. The summed E-state index contributed by atoms with van der Waals surface area (Å²) in [5.41, 5.74) is -1.89. The van der Waals surface area contributed by atoms with Crippen LogP contribution in [0.2, 0.25) is 0 Å². The third kappa shape index (κ3) is 7.67. The minimum absolute atomic E-state index is 0.0122. The monoisotopic (exact) mass is 920 g/mol. The summed E-state index contributed by atoms with van der Waals surface area (Å²) in [6, 6.07) is 12.6. The van der Waals surface area contributed by atoms with Crippen LogP contribution >= 0.6 is 0 Å². The zero-order chi connectivity index (χ0) is 47.6. The SMILES string of the molecule is O=C(O)C(=O)OC[C@H]1O[C@@H](Oc2cccc3c2C(=O)c2c(O)cc(CO)cc2[C@@H]3[C@@H]2c3cc(C(=O)O)cc(O)c3C(=O)c3c(O[C@@H]4O[C@H](CO)[C@@H](O)[C@H](O)[C@H]4O)cccc32)[C@H](O)[C@@H](O)[C@@H]1O. The number of aliphatic hydroxyl groups is 8. The Bertz CT molecular complexity index is 2640. The van der Waals surface area contributed by atoms with Gasteiger partial charge in [0.2, 0.25) is 24.1 Å². The van der Waals surface area contributed by atoms with Gasteiger partial charge in [-0.3, -0.25) is 9.59 Å². The average molecular weight is 921 g/mol. The summed E-state index contributed by atoms with van der Waals surface area (Å²) >= 11 is 0. The number of fused-ring (bicyclic) bond motifs is 4. The van der Waals surface area contributed by atoms with E-state index >= 15 is 0 Å². The molecular formula is C44H40O22. The molecule has 8 rings (SSSR count). The highest BCUT2D eigenvalue weighted by atomic mass is 16.7. The number of carbonyl (C=O) groups is 5. The number of rotatable bonds is 10. The predicted molar refractivity (Wildman–Crippen MR) is 213 cm³/mol. The lowest BCUT2D eigenvalue weighted by molar-refractivity contribution is -0.278. The van der Waals surface area contributed by atoms with Crippen molar-refractivity contribution >= 4 is 29.5 Å². The van der Waals surface area contributed by atoms with Gasteiger partial charge < -0.3 is 85.0 Å². The predicted octanol–water partition coefficient (Wildman–Crippen LogP) is -1.67. The number of carboxylic acid groups (broad SMARTS) is 2. The number of aromatic hydroxyl groups is 2. The molecule has 348 valence electrons. The van der Waals surface area contributed by atoms with Crippen molar-refractivity contribution < 1.29 is 109 Å². The van der Waals surface area contributed by atoms with Gasteiger partial charge >= 0.3 is 17.9 Å². The van der Waals surface area contributed by atoms with E-state index < -0.39 is 145 Å². The number of aliphatic hydroxyl groups excluding tert-OH is 8. The first kappa shape index (κ1) is 46.0. The van der Waals surface area contributed by atoms with E-state index in [2.05, 4.69) is 4.74 Å². The number of ketones is 2. The van der Waals surface area contributed by atoms with Crippen LogP contribution in [0.4, 0.5) is 0 Å². The van der Waals surface area contributed by atoms with Crippen LogP contribution in [-0.2, 0) is 30.4 Å². The maximum atomic E-state index is 14.8. The normalized spacial score (nSPS) is 28.8. The quantitative estimate of drug-likeness (QED) is 0.0625. The second-order valence-electron chi connectivity index (χ2n) is 15.9. The number of carboxylic acids is 2. The van der Waals surface area contributed by atoms with Gasteiger partial charge in [-0.2, -0.15) is 0 Å². The Morgan fingerprint density at radius 3 is 1.55 bits per heavy atom. The molecule has 2 fully saturated rings. The van der Waals surface area contributed by atoms with Crippen molar-refractivity contribution in [2.45, 2.75) is 79.9 Å². The summed E-state index contributed by atoms with van der Waals surface area (Å²) < 4.78 is 27.8. The van der Waals surface area contributed by atoms with Gasteiger partial charge in [-0.15, -0.1) is 0 Å². The molecule has 0 bridgehead atoms. The third-order valence-electron chi connectivity index (χ3n) is 12.0. The molecule has 0 amide bonds. The second kappa shape index (κ2) is 17.7. The molecule has 0 unspecified atom stereocenters. The van der Waals surface area contributed by atoms with Crippen LogP contribution in [0.1, 0.15) is 81.9 Å². The van der Waals surface area contributed by atoms with Crippen LogP contribution in [0.5, 0.6) is 23.0 Å². The van der Waals surface area contributed by atoms with Gasteiger partial charge in [0.05, 0.1) is 41.0 Å². The fourth-order valence-corrected chi connectivity index (χ4v) is 8.94. The minimum atomic E-state index is -2.06. The average Bonchev–Trinajstić information content (AvgIpc) is 3.29. The van der Waals surface area contributed by atoms with E-state index in [-0.39, 0.29) is 56.0 Å². The van der Waals surface area contributed by atoms with E-state index in [1.165, 1.54) is 42.5 Å². The molecule has 0 radical (unpaired) electrons. The van der Waals surface area contributed by atoms with Gasteiger partial charge in [-0.05, 0) is 58.1 Å². The van der Waals surface area contributed by atoms with Crippen molar-refractivity contribution in [3.8, 4) is 23.0 Å². The highest BCUT2D eigenvalue weighted by molar-refractivity contribution is 6.28. The molecule has 12 N–H and O–H groups in total. The summed E-state index contributed by atoms with van der Waals surface area (Å²) in [6.07, 6.45) is -18.6. The summed E-state index contributed by atoms with van der Waals surface area (Å²) in [5, 5.41) is 126. The van der Waals surface area contributed by atoms with E-state index in [9.17, 15) is 80.1 Å². The van der Waals surface area contributed by atoms with Gasteiger partial charge in [0, 0.05) is 11.8 Å². The lowest BCUT2D eigenvalue weighted by Gasteiger charge is -2.41. The van der Waals surface area contributed by atoms with Crippen LogP contribution < -0.4 is 9.47 Å². The fourth-order valence-electron chi connectivity index (χ4n) is 8.94. The Balaban J connectivity index is 1.32. The summed E-state index contributed by atoms with van der Waals surface area (Å²) in [4.78, 5) is 64.7. The summed E-state index contributed by atoms with van der Waals surface area (Å²) in [7, 11) is 0. The molecule has 0 saturated carbocycles. The standard InChI is InChI=1S/C44H40O22/c45-11-14-7-18-26(16-3-1-6-23(30(16)34(51)28(18)20(47)8-14)64-44-39(56)37(54)33(50)25(66-44)13-62-42(61)41(59)60)27-17-4-2-5-22(63-43-38(55)36(53)32(49)24(12-46)65-43)31(17)35(52)29-19(27)9-15(40(57)58)10-21(29)48/h1-10,24-27,32-33,36-39,43-50,53-56H,11-13H2,(H,57,58)(H,59,60)/t24-,25-,26-,27+,32-,33-,36+,37+,38-,39-,43-,44-/m1/s1. The molecule has 66 heavy (non-hydrogen) atoms. The number of phenolic OH excluding ortho intramolecular Hbond substituents is 2. The maximum Gasteiger partial charge on any atom is 0.417 e. The van der Waals surface area contributed by atoms with Crippen LogP contribution in [0.3, 0.4) is 0 Å². The van der Waals surface area contributed by atoms with E-state index in [1.54, 1.807) is 0 Å². The van der Waals surface area contributed by atoms with Crippen molar-refractivity contribution in [1.29, 1.82) is 0 Å². The van der Waals surface area contributed by atoms with Gasteiger partial charge in [0.1, 0.15) is 78.4 Å². The number of hydrogen-bond donors (Lipinski definition) is 12. The number of benzene rings is 4. The molecule has 2 aliphatic carbocycles. The third-order valence-corrected chi connectivity index (χ3v) is 12.0. The van der Waals surface area contributed by atoms with Crippen LogP contribution in [0.15, 0.2) is 60.7 Å². The maximum absolute atomic E-state index is 14.8. The molecule has 22 nitrogen and oxygen atoms in total. The van der Waals surface area contributed by atoms with Crippen molar-refractivity contribution in [3.05, 3.63) is 116 Å². The number of hydrogen-bond acceptors (Lipinski definition) is 20. The summed E-state index contributed by atoms with van der Waals surface area (Å²) in [5.74, 6) is -11.9. The number of aliphatic carboxylic acids is 1. The van der Waals surface area contributed by atoms with Gasteiger partial charge in [-0.25, -0.2) is 14.4 Å². The van der Waals surface area contributed by atoms with Gasteiger partial charge in [0.15, 0.2) is 0 Å². The van der Waals surface area contributed by atoms with E-state index in [4.69, 9.17) is 24.1 Å². The largest absolute Gasteiger partial charge is 0.507 e. The van der Waals surface area contributed by atoms with Crippen molar-refractivity contribution in [3.63, 3.8) is 0 Å². The first-order valence-electron chi connectivity index (χ1n) is 20.0. The van der Waals surface area contributed by atoms with Gasteiger partial charge in [-0.1, -0.05) is 30.3 Å². The van der Waals surface area contributed by atoms with Crippen LogP contribution in [0.25, 0.3) is 0 Å². The zero-order valence-corrected chi connectivity index (χ0v) is 33.8. The Kier molecular flexibility index (Phi) is 12.3. The Labute approximate surface area is 370 Å². The van der Waals surface area contributed by atoms with Gasteiger partial charge in [0.25, 0.3) is 0 Å². The van der Waals surface area contributed by atoms with Crippen molar-refractivity contribution in [1.82, 2.24) is 0 Å². The van der Waals surface area contributed by atoms with E-state index in [1.807, 2.05) is 0 Å². The number of esters is 1. The Morgan fingerprint density at radius 1 is 0.576 bits per heavy atom. The minimum Gasteiger partial charge on any atom is -0.507 e. The highest BCUT2D eigenvalue weighted by Crippen LogP contribution is 2.56. The van der Waals surface area contributed by atoms with E-state index in [0.717, 1.165) is 18.2 Å². The molecular weight excluding hydrogens is 880 g/mol. The number of phenols is 2. The molecule has 2 heterocycles. The zero-order valence-electron chi connectivity index (χ0n) is 33.8. The molecule has 12 atom stereocenters. The lowest BCUT2D eigenvalue weighted by atomic mass is 9.63. The molecule has 2 aliphatic heterocycles. The molecule has 4 aliphatic rings. The smallest absolute Gasteiger partial charge is 0.417 e. The van der Waals surface area contributed by atoms with Crippen LogP contribution in [0, 0.1) is 0 Å². The molecule has 4 aromatic carbocycles. The molecule has 22 heteroatoms. The first-order valence-corrected chi connectivity index (χ1v) is 20.0. The number of aromatic carboxylic acids is 1. The topological polar surface area (TPSA) is 374 Å². The summed E-state index contributed by atoms with van der Waals surface area (Å²) in [6.45, 7) is -2.43. The molecule has 0 spiro atoms. The number of carbonyl (C=O) groups excluding carboxylic acids is 3. The van der Waals surface area contributed by atoms with E-state index in [0.29, 0.717) is 0 Å². The molecule has 2 saturated heterocycles. The molecule has 0 aromatic heterocycles. The van der Waals surface area contributed by atoms with Crippen molar-refractivity contribution in [2.24, 2.45) is 0 Å². The first-order chi connectivity index (χ1) is 31.4. The Hall–Kier alpha value is -6.57. The van der Waals surface area contributed by atoms with Crippen molar-refractivity contribution in [2.75, 3.05) is 13.2 Å². The second-order valence-corrected chi connectivity index (χ2v) is 15.9. The van der Waals surface area contributed by atoms with Crippen LogP contribution in [-0.4, -0.2) is 165 Å². The fraction of sp³-hybridized carbons (Fsp3) is 0.341. The molecule has 4 aromatic rings. The number of ether oxygens (including phenoxy) is 5. The highest BCUT2D eigenvalue weighted by Gasteiger charge is 2.50.